The Morgan fingerprint density at radius 3 is 2.31 bits per heavy atom. The number of hydrogen-bond acceptors (Lipinski definition) is 4. The van der Waals surface area contributed by atoms with Crippen LogP contribution in [0.1, 0.15) is 0 Å². The summed E-state index contributed by atoms with van der Waals surface area (Å²) in [7, 11) is 3.53. The lowest BCUT2D eigenvalue weighted by molar-refractivity contribution is 0.312. The van der Waals surface area contributed by atoms with Crippen LogP contribution in [-0.4, -0.2) is 47.7 Å². The van der Waals surface area contributed by atoms with Crippen LogP contribution in [0, 0.1) is 0 Å². The van der Waals surface area contributed by atoms with E-state index in [-0.39, 0.29) is 11.2 Å². The maximum Gasteiger partial charge on any atom is 0.329 e. The summed E-state index contributed by atoms with van der Waals surface area (Å²) in [4.78, 5) is 29.9. The fourth-order valence-corrected chi connectivity index (χ4v) is 1.76. The van der Waals surface area contributed by atoms with Crippen molar-refractivity contribution in [1.82, 2.24) is 14.5 Å². The molecule has 0 amide bonds. The Kier molecular flexibility index (Phi) is 2.82. The smallest absolute Gasteiger partial charge is 0.329 e. The van der Waals surface area contributed by atoms with E-state index in [1.165, 1.54) is 13.1 Å². The molecule has 1 fully saturated rings. The number of rotatable bonds is 1. The number of nitrogens with one attached hydrogen (secondary N) is 1. The van der Waals surface area contributed by atoms with Crippen LogP contribution in [0.4, 0.5) is 5.82 Å². The van der Waals surface area contributed by atoms with Crippen molar-refractivity contribution in [2.45, 2.75) is 0 Å². The average molecular weight is 224 g/mol. The second-order valence-corrected chi connectivity index (χ2v) is 4.15. The monoisotopic (exact) mass is 224 g/mol. The van der Waals surface area contributed by atoms with Crippen molar-refractivity contribution in [2.24, 2.45) is 7.05 Å². The number of piperazine rings is 1. The molecular weight excluding hydrogens is 208 g/mol. The molecule has 0 spiro atoms. The quantitative estimate of drug-likeness (QED) is 0.652. The Hall–Kier alpha value is -1.56. The van der Waals surface area contributed by atoms with E-state index in [1.807, 2.05) is 4.90 Å². The largest absolute Gasteiger partial charge is 0.355 e. The van der Waals surface area contributed by atoms with Gasteiger partial charge in [-0.15, -0.1) is 0 Å². The van der Waals surface area contributed by atoms with Gasteiger partial charge in [0.05, 0.1) is 0 Å². The minimum atomic E-state index is -0.360. The summed E-state index contributed by atoms with van der Waals surface area (Å²) >= 11 is 0. The number of likely N-dealkylation sites (N-methyl/N-ethyl adjacent to an activating group) is 1. The molecule has 2 heterocycles. The van der Waals surface area contributed by atoms with Gasteiger partial charge in [-0.05, 0) is 7.05 Å². The third-order valence-corrected chi connectivity index (χ3v) is 2.97. The van der Waals surface area contributed by atoms with E-state index in [0.717, 1.165) is 30.7 Å². The lowest BCUT2D eigenvalue weighted by Crippen LogP contribution is -2.46. The highest BCUT2D eigenvalue weighted by atomic mass is 16.2. The minimum absolute atomic E-state index is 0.266. The van der Waals surface area contributed by atoms with E-state index in [2.05, 4.69) is 16.9 Å². The Bertz CT molecular complexity index is 451. The first-order valence-electron chi connectivity index (χ1n) is 5.32. The van der Waals surface area contributed by atoms with Crippen LogP contribution >= 0.6 is 0 Å². The molecule has 16 heavy (non-hydrogen) atoms. The molecule has 0 aromatic carbocycles. The number of hydrogen-bond donors (Lipinski definition) is 1. The lowest BCUT2D eigenvalue weighted by atomic mass is 10.3. The van der Waals surface area contributed by atoms with Crippen LogP contribution < -0.4 is 16.1 Å². The van der Waals surface area contributed by atoms with Crippen LogP contribution in [0.25, 0.3) is 0 Å². The minimum Gasteiger partial charge on any atom is -0.355 e. The van der Waals surface area contributed by atoms with E-state index in [1.54, 1.807) is 0 Å². The van der Waals surface area contributed by atoms with Crippen LogP contribution in [-0.2, 0) is 7.05 Å². The lowest BCUT2D eigenvalue weighted by Gasteiger charge is -2.33. The maximum atomic E-state index is 11.5. The van der Waals surface area contributed by atoms with Gasteiger partial charge in [-0.1, -0.05) is 0 Å². The Morgan fingerprint density at radius 2 is 1.75 bits per heavy atom. The second-order valence-electron chi connectivity index (χ2n) is 4.15. The molecule has 0 atom stereocenters. The fourth-order valence-electron chi connectivity index (χ4n) is 1.76. The van der Waals surface area contributed by atoms with E-state index in [0.29, 0.717) is 5.82 Å². The van der Waals surface area contributed by atoms with Gasteiger partial charge < -0.3 is 9.80 Å². The van der Waals surface area contributed by atoms with Crippen molar-refractivity contribution < 1.29 is 0 Å². The molecule has 0 unspecified atom stereocenters. The zero-order valence-electron chi connectivity index (χ0n) is 9.56. The van der Waals surface area contributed by atoms with Gasteiger partial charge >= 0.3 is 5.69 Å². The molecule has 2 rings (SSSR count). The van der Waals surface area contributed by atoms with Crippen LogP contribution in [0.5, 0.6) is 0 Å². The summed E-state index contributed by atoms with van der Waals surface area (Å²) in [5.41, 5.74) is -0.626. The second kappa shape index (κ2) is 4.13. The van der Waals surface area contributed by atoms with E-state index in [9.17, 15) is 9.59 Å². The molecule has 6 nitrogen and oxygen atoms in total. The first-order chi connectivity index (χ1) is 7.58. The van der Waals surface area contributed by atoms with Crippen LogP contribution in [0.15, 0.2) is 15.7 Å². The molecule has 6 heteroatoms. The maximum absolute atomic E-state index is 11.5. The van der Waals surface area contributed by atoms with Crippen molar-refractivity contribution in [2.75, 3.05) is 38.1 Å². The van der Waals surface area contributed by atoms with Crippen molar-refractivity contribution >= 4 is 5.82 Å². The van der Waals surface area contributed by atoms with Gasteiger partial charge in [0.15, 0.2) is 0 Å². The number of aromatic nitrogens is 2. The normalized spacial score (nSPS) is 17.8. The first-order valence-corrected chi connectivity index (χ1v) is 5.32. The molecule has 0 bridgehead atoms. The third-order valence-electron chi connectivity index (χ3n) is 2.97. The van der Waals surface area contributed by atoms with Gasteiger partial charge in [-0.3, -0.25) is 14.3 Å². The van der Waals surface area contributed by atoms with Gasteiger partial charge in [0.2, 0.25) is 0 Å². The van der Waals surface area contributed by atoms with Gasteiger partial charge in [0.1, 0.15) is 5.82 Å². The fraction of sp³-hybridized carbons (Fsp3) is 0.600. The van der Waals surface area contributed by atoms with E-state index < -0.39 is 0 Å². The predicted octanol–water partition coefficient (Wildman–Crippen LogP) is -1.17. The van der Waals surface area contributed by atoms with Crippen molar-refractivity contribution in [3.8, 4) is 0 Å². The SMILES string of the molecule is CN1CCN(c2cc(=O)n(C)c(=O)[nH]2)CC1. The molecule has 1 saturated heterocycles. The Labute approximate surface area is 93.1 Å². The van der Waals surface area contributed by atoms with Crippen molar-refractivity contribution in [1.29, 1.82) is 0 Å². The molecule has 1 aromatic rings. The molecule has 0 aliphatic carbocycles. The standard InChI is InChI=1S/C10H16N4O2/c1-12-3-5-14(6-4-12)8-7-9(15)13(2)10(16)11-8/h7H,3-6H2,1-2H3,(H,11,16). The highest BCUT2D eigenvalue weighted by Gasteiger charge is 2.15. The summed E-state index contributed by atoms with van der Waals surface area (Å²) < 4.78 is 1.07. The van der Waals surface area contributed by atoms with E-state index in [4.69, 9.17) is 0 Å². The summed E-state index contributed by atoms with van der Waals surface area (Å²) in [5, 5.41) is 0. The third kappa shape index (κ3) is 2.01. The highest BCUT2D eigenvalue weighted by molar-refractivity contribution is 5.37. The predicted molar refractivity (Wildman–Crippen MR) is 62.0 cm³/mol. The zero-order valence-corrected chi connectivity index (χ0v) is 9.56. The number of nitrogens with zero attached hydrogens (tertiary/aromatic N) is 3. The van der Waals surface area contributed by atoms with E-state index >= 15 is 0 Å². The van der Waals surface area contributed by atoms with Crippen LogP contribution in [0.3, 0.4) is 0 Å². The molecular formula is C10H16N4O2. The highest BCUT2D eigenvalue weighted by Crippen LogP contribution is 2.08. The van der Waals surface area contributed by atoms with Gasteiger partial charge in [0.25, 0.3) is 5.56 Å². The number of H-pyrrole nitrogens is 1. The van der Waals surface area contributed by atoms with Gasteiger partial charge in [0, 0.05) is 39.3 Å². The molecule has 1 aliphatic heterocycles. The molecule has 0 radical (unpaired) electrons. The Balaban J connectivity index is 2.28. The molecule has 1 aromatic heterocycles. The summed E-state index contributed by atoms with van der Waals surface area (Å²) in [5.74, 6) is 0.626. The van der Waals surface area contributed by atoms with Crippen molar-refractivity contribution in [3.63, 3.8) is 0 Å². The average Bonchev–Trinajstić information content (AvgIpc) is 2.26. The molecule has 88 valence electrons. The summed E-state index contributed by atoms with van der Waals surface area (Å²) in [6, 6.07) is 1.48. The number of anilines is 1. The topological polar surface area (TPSA) is 61.3 Å². The zero-order chi connectivity index (χ0) is 11.7. The molecule has 1 aliphatic rings. The van der Waals surface area contributed by atoms with Gasteiger partial charge in [-0.25, -0.2) is 4.79 Å². The van der Waals surface area contributed by atoms with Crippen LogP contribution in [0.2, 0.25) is 0 Å². The van der Waals surface area contributed by atoms with Crippen molar-refractivity contribution in [3.05, 3.63) is 26.9 Å². The number of aromatic amines is 1. The van der Waals surface area contributed by atoms with Gasteiger partial charge in [-0.2, -0.15) is 0 Å². The Morgan fingerprint density at radius 1 is 1.12 bits per heavy atom. The summed E-state index contributed by atoms with van der Waals surface area (Å²) in [6.45, 7) is 3.55. The molecule has 1 N–H and O–H groups in total. The first kappa shape index (κ1) is 10.9. The summed E-state index contributed by atoms with van der Waals surface area (Å²) in [6.07, 6.45) is 0. The molecule has 0 saturated carbocycles.